The molecule has 1 aromatic carbocycles. The number of nitrogens with two attached hydrogens (primary N) is 1. The van der Waals surface area contributed by atoms with Crippen molar-refractivity contribution < 1.29 is 9.59 Å². The second kappa shape index (κ2) is 6.64. The highest BCUT2D eigenvalue weighted by atomic mass is 32.1. The van der Waals surface area contributed by atoms with Crippen LogP contribution in [0.2, 0.25) is 0 Å². The summed E-state index contributed by atoms with van der Waals surface area (Å²) in [6.45, 7) is 5.65. The van der Waals surface area contributed by atoms with Gasteiger partial charge in [-0.1, -0.05) is 24.3 Å². The third kappa shape index (κ3) is 3.39. The van der Waals surface area contributed by atoms with Crippen molar-refractivity contribution >= 4 is 29.0 Å². The standard InChI is InChI=1S/C19H22N4O2S/c1-11-17(26-12(2)21-11)15(24)9-13-6-5-7-14(8-13)19(3)10-16(25)23(4)18(20)22-19/h5-8H,9-10H2,1-4H3,(H2,20,22). The number of carbonyl (C=O) groups is 2. The Kier molecular flexibility index (Phi) is 4.66. The number of thiazole rings is 1. The summed E-state index contributed by atoms with van der Waals surface area (Å²) in [4.78, 5) is 35.7. The lowest BCUT2D eigenvalue weighted by atomic mass is 9.86. The maximum atomic E-state index is 12.6. The summed E-state index contributed by atoms with van der Waals surface area (Å²) < 4.78 is 0. The Bertz CT molecular complexity index is 918. The SMILES string of the molecule is Cc1nc(C)c(C(=O)Cc2cccc(C3(C)CC(=O)N(C)C(N)=N3)c2)s1. The lowest BCUT2D eigenvalue weighted by Gasteiger charge is -2.33. The molecule has 2 aromatic rings. The van der Waals surface area contributed by atoms with Crippen molar-refractivity contribution in [2.45, 2.75) is 39.2 Å². The minimum atomic E-state index is -0.719. The highest BCUT2D eigenvalue weighted by Gasteiger charge is 2.36. The first-order chi connectivity index (χ1) is 12.2. The van der Waals surface area contributed by atoms with Gasteiger partial charge in [-0.25, -0.2) is 9.98 Å². The van der Waals surface area contributed by atoms with Crippen LogP contribution in [0.3, 0.4) is 0 Å². The molecule has 1 aromatic heterocycles. The Labute approximate surface area is 156 Å². The van der Waals surface area contributed by atoms with Crippen molar-refractivity contribution in [2.24, 2.45) is 10.7 Å². The molecule has 1 aliphatic rings. The summed E-state index contributed by atoms with van der Waals surface area (Å²) in [6, 6.07) is 7.67. The zero-order valence-electron chi connectivity index (χ0n) is 15.4. The summed E-state index contributed by atoms with van der Waals surface area (Å²) in [5.41, 5.74) is 7.72. The second-order valence-corrected chi connectivity index (χ2v) is 8.02. The van der Waals surface area contributed by atoms with Crippen molar-refractivity contribution in [3.63, 3.8) is 0 Å². The normalized spacial score (nSPS) is 20.2. The van der Waals surface area contributed by atoms with E-state index in [1.54, 1.807) is 7.05 Å². The van der Waals surface area contributed by atoms with E-state index in [1.165, 1.54) is 16.2 Å². The number of aliphatic imine (C=N–C) groups is 1. The lowest BCUT2D eigenvalue weighted by molar-refractivity contribution is -0.128. The van der Waals surface area contributed by atoms with E-state index in [2.05, 4.69) is 9.98 Å². The van der Waals surface area contributed by atoms with Gasteiger partial charge in [0.15, 0.2) is 11.7 Å². The minimum Gasteiger partial charge on any atom is -0.369 e. The molecule has 1 amide bonds. The molecule has 1 aliphatic heterocycles. The fourth-order valence-electron chi connectivity index (χ4n) is 3.15. The van der Waals surface area contributed by atoms with Gasteiger partial charge < -0.3 is 5.73 Å². The van der Waals surface area contributed by atoms with Crippen LogP contribution in [0.5, 0.6) is 0 Å². The van der Waals surface area contributed by atoms with E-state index in [0.29, 0.717) is 11.3 Å². The van der Waals surface area contributed by atoms with Crippen LogP contribution in [-0.4, -0.2) is 34.6 Å². The number of nitrogens with zero attached hydrogens (tertiary/aromatic N) is 3. The Morgan fingerprint density at radius 2 is 2.12 bits per heavy atom. The van der Waals surface area contributed by atoms with E-state index < -0.39 is 5.54 Å². The molecule has 0 saturated carbocycles. The van der Waals surface area contributed by atoms with Gasteiger partial charge in [0, 0.05) is 13.5 Å². The second-order valence-electron chi connectivity index (χ2n) is 6.82. The molecular formula is C19H22N4O2S. The summed E-state index contributed by atoms with van der Waals surface area (Å²) in [7, 11) is 1.62. The van der Waals surface area contributed by atoms with Crippen molar-refractivity contribution in [3.05, 3.63) is 51.0 Å². The minimum absolute atomic E-state index is 0.0536. The van der Waals surface area contributed by atoms with Gasteiger partial charge in [-0.3, -0.25) is 14.5 Å². The Hall–Kier alpha value is -2.54. The fraction of sp³-hybridized carbons (Fsp3) is 0.368. The van der Waals surface area contributed by atoms with Gasteiger partial charge in [0.05, 0.1) is 27.5 Å². The third-order valence-corrected chi connectivity index (χ3v) is 5.76. The molecule has 6 nitrogen and oxygen atoms in total. The Balaban J connectivity index is 1.88. The molecule has 2 heterocycles. The molecule has 26 heavy (non-hydrogen) atoms. The fourth-order valence-corrected chi connectivity index (χ4v) is 4.00. The molecular weight excluding hydrogens is 348 g/mol. The molecule has 1 atom stereocenters. The number of carbonyl (C=O) groups excluding carboxylic acids is 2. The van der Waals surface area contributed by atoms with Crippen LogP contribution in [0.15, 0.2) is 29.3 Å². The van der Waals surface area contributed by atoms with Crippen LogP contribution in [0, 0.1) is 13.8 Å². The number of aromatic nitrogens is 1. The number of hydrogen-bond donors (Lipinski definition) is 1. The van der Waals surface area contributed by atoms with Gasteiger partial charge >= 0.3 is 0 Å². The number of benzene rings is 1. The average Bonchev–Trinajstić information content (AvgIpc) is 2.91. The first-order valence-corrected chi connectivity index (χ1v) is 9.20. The van der Waals surface area contributed by atoms with Gasteiger partial charge in [-0.05, 0) is 31.9 Å². The number of guanidine groups is 1. The van der Waals surface area contributed by atoms with Crippen LogP contribution in [0.4, 0.5) is 0 Å². The average molecular weight is 370 g/mol. The molecule has 0 saturated heterocycles. The van der Waals surface area contributed by atoms with Gasteiger partial charge in [-0.2, -0.15) is 0 Å². The highest BCUT2D eigenvalue weighted by Crippen LogP contribution is 2.33. The van der Waals surface area contributed by atoms with Gasteiger partial charge in [0.2, 0.25) is 5.91 Å². The van der Waals surface area contributed by atoms with Crippen LogP contribution in [-0.2, 0) is 16.8 Å². The molecule has 3 rings (SSSR count). The van der Waals surface area contributed by atoms with E-state index in [9.17, 15) is 9.59 Å². The van der Waals surface area contributed by atoms with E-state index in [-0.39, 0.29) is 24.1 Å². The van der Waals surface area contributed by atoms with Crippen LogP contribution in [0.25, 0.3) is 0 Å². The topological polar surface area (TPSA) is 88.7 Å². The van der Waals surface area contributed by atoms with Crippen molar-refractivity contribution in [2.75, 3.05) is 7.05 Å². The zero-order valence-corrected chi connectivity index (χ0v) is 16.2. The predicted molar refractivity (Wildman–Crippen MR) is 102 cm³/mol. The summed E-state index contributed by atoms with van der Waals surface area (Å²) in [5.74, 6) is 0.191. The molecule has 2 N–H and O–H groups in total. The zero-order chi connectivity index (χ0) is 19.1. The smallest absolute Gasteiger partial charge is 0.231 e. The van der Waals surface area contributed by atoms with E-state index >= 15 is 0 Å². The van der Waals surface area contributed by atoms with Gasteiger partial charge in [-0.15, -0.1) is 11.3 Å². The molecule has 136 valence electrons. The number of amides is 1. The number of hydrogen-bond acceptors (Lipinski definition) is 6. The lowest BCUT2D eigenvalue weighted by Crippen LogP contribution is -2.47. The van der Waals surface area contributed by atoms with E-state index in [1.807, 2.05) is 45.0 Å². The molecule has 7 heteroatoms. The number of ketones is 1. The first kappa shape index (κ1) is 18.3. The van der Waals surface area contributed by atoms with Crippen molar-refractivity contribution in [1.82, 2.24) is 9.88 Å². The number of Topliss-reactive ketones (excluding diaryl/α,β-unsaturated/α-hetero) is 1. The predicted octanol–water partition coefficient (Wildman–Crippen LogP) is 2.58. The van der Waals surface area contributed by atoms with Crippen molar-refractivity contribution in [3.8, 4) is 0 Å². The maximum absolute atomic E-state index is 12.6. The van der Waals surface area contributed by atoms with Crippen LogP contribution >= 0.6 is 11.3 Å². The summed E-state index contributed by atoms with van der Waals surface area (Å²) in [5, 5.41) is 0.891. The van der Waals surface area contributed by atoms with Crippen LogP contribution < -0.4 is 5.73 Å². The van der Waals surface area contributed by atoms with E-state index in [0.717, 1.165) is 21.8 Å². The quantitative estimate of drug-likeness (QED) is 0.838. The number of rotatable bonds is 4. The Morgan fingerprint density at radius 1 is 1.38 bits per heavy atom. The molecule has 1 unspecified atom stereocenters. The maximum Gasteiger partial charge on any atom is 0.231 e. The van der Waals surface area contributed by atoms with Crippen molar-refractivity contribution in [1.29, 1.82) is 0 Å². The molecule has 0 aliphatic carbocycles. The summed E-state index contributed by atoms with van der Waals surface area (Å²) in [6.07, 6.45) is 0.536. The number of aryl methyl sites for hydroxylation is 2. The molecule has 0 spiro atoms. The monoisotopic (exact) mass is 370 g/mol. The van der Waals surface area contributed by atoms with Gasteiger partial charge in [0.25, 0.3) is 0 Å². The highest BCUT2D eigenvalue weighted by molar-refractivity contribution is 7.13. The summed E-state index contributed by atoms with van der Waals surface area (Å²) >= 11 is 1.42. The van der Waals surface area contributed by atoms with E-state index in [4.69, 9.17) is 5.73 Å². The largest absolute Gasteiger partial charge is 0.369 e. The molecule has 0 radical (unpaired) electrons. The van der Waals surface area contributed by atoms with Gasteiger partial charge in [0.1, 0.15) is 0 Å². The Morgan fingerprint density at radius 3 is 2.73 bits per heavy atom. The molecule has 0 bridgehead atoms. The molecule has 0 fully saturated rings. The van der Waals surface area contributed by atoms with Crippen LogP contribution in [0.1, 0.15) is 44.8 Å². The third-order valence-electron chi connectivity index (χ3n) is 4.64. The first-order valence-electron chi connectivity index (χ1n) is 8.38.